The summed E-state index contributed by atoms with van der Waals surface area (Å²) < 4.78 is 7.09. The van der Waals surface area contributed by atoms with Crippen molar-refractivity contribution < 1.29 is 4.74 Å². The Morgan fingerprint density at radius 3 is 2.79 bits per heavy atom. The summed E-state index contributed by atoms with van der Waals surface area (Å²) in [6.45, 7) is 4.40. The van der Waals surface area contributed by atoms with Crippen LogP contribution in [0.15, 0.2) is 30.6 Å². The molecule has 1 heterocycles. The first-order valence-corrected chi connectivity index (χ1v) is 6.46. The molecule has 0 unspecified atom stereocenters. The van der Waals surface area contributed by atoms with Crippen molar-refractivity contribution in [1.82, 2.24) is 14.8 Å². The van der Waals surface area contributed by atoms with Crippen molar-refractivity contribution >= 4 is 5.69 Å². The van der Waals surface area contributed by atoms with E-state index in [2.05, 4.69) is 46.7 Å². The van der Waals surface area contributed by atoms with Gasteiger partial charge in [0.05, 0.1) is 6.61 Å². The maximum Gasteiger partial charge on any atom is 0.134 e. The molecule has 2 aromatic rings. The van der Waals surface area contributed by atoms with Gasteiger partial charge >= 0.3 is 0 Å². The Morgan fingerprint density at radius 1 is 1.26 bits per heavy atom. The monoisotopic (exact) mass is 260 g/mol. The molecule has 0 saturated carbocycles. The number of methoxy groups -OCH3 is 1. The molecule has 0 bridgehead atoms. The van der Waals surface area contributed by atoms with Crippen molar-refractivity contribution in [2.45, 2.75) is 19.9 Å². The fraction of sp³-hybridized carbons (Fsp3) is 0.429. The predicted octanol–water partition coefficient (Wildman–Crippen LogP) is 1.89. The Morgan fingerprint density at radius 2 is 2.05 bits per heavy atom. The van der Waals surface area contributed by atoms with Crippen LogP contribution in [-0.2, 0) is 17.7 Å². The van der Waals surface area contributed by atoms with E-state index in [1.54, 1.807) is 13.4 Å². The first kappa shape index (κ1) is 13.5. The standard InChI is InChI=1S/C14H20N4O/c1-12-3-5-13(6-4-12)15-8-7-14-17-16-11-18(14)9-10-19-2/h3-6,11,15H,7-10H2,1-2H3. The van der Waals surface area contributed by atoms with Gasteiger partial charge in [0, 0.05) is 32.3 Å². The summed E-state index contributed by atoms with van der Waals surface area (Å²) in [4.78, 5) is 0. The van der Waals surface area contributed by atoms with E-state index in [0.29, 0.717) is 6.61 Å². The van der Waals surface area contributed by atoms with Gasteiger partial charge in [-0.3, -0.25) is 0 Å². The number of aryl methyl sites for hydroxylation is 1. The summed E-state index contributed by atoms with van der Waals surface area (Å²) in [5.41, 5.74) is 2.40. The molecule has 0 spiro atoms. The van der Waals surface area contributed by atoms with Crippen molar-refractivity contribution in [3.8, 4) is 0 Å². The molecule has 0 radical (unpaired) electrons. The number of hydrogen-bond donors (Lipinski definition) is 1. The van der Waals surface area contributed by atoms with Gasteiger partial charge < -0.3 is 14.6 Å². The summed E-state index contributed by atoms with van der Waals surface area (Å²) in [5, 5.41) is 11.5. The van der Waals surface area contributed by atoms with Gasteiger partial charge in [-0.15, -0.1) is 10.2 Å². The van der Waals surface area contributed by atoms with E-state index in [4.69, 9.17) is 4.74 Å². The second kappa shape index (κ2) is 6.89. The van der Waals surface area contributed by atoms with Crippen molar-refractivity contribution in [3.63, 3.8) is 0 Å². The van der Waals surface area contributed by atoms with Crippen molar-refractivity contribution in [1.29, 1.82) is 0 Å². The Bertz CT molecular complexity index is 492. The number of aromatic nitrogens is 3. The number of nitrogens with zero attached hydrogens (tertiary/aromatic N) is 3. The van der Waals surface area contributed by atoms with Crippen LogP contribution in [0.3, 0.4) is 0 Å². The van der Waals surface area contributed by atoms with E-state index in [1.165, 1.54) is 5.56 Å². The lowest BCUT2D eigenvalue weighted by Crippen LogP contribution is -2.12. The van der Waals surface area contributed by atoms with Gasteiger partial charge in [0.15, 0.2) is 0 Å². The molecule has 0 aliphatic heterocycles. The fourth-order valence-electron chi connectivity index (χ4n) is 1.84. The molecule has 0 fully saturated rings. The highest BCUT2D eigenvalue weighted by Gasteiger charge is 2.03. The third-order valence-corrected chi connectivity index (χ3v) is 2.96. The maximum absolute atomic E-state index is 5.06. The third-order valence-electron chi connectivity index (χ3n) is 2.96. The smallest absolute Gasteiger partial charge is 0.134 e. The van der Waals surface area contributed by atoms with Gasteiger partial charge in [0.25, 0.3) is 0 Å². The predicted molar refractivity (Wildman–Crippen MR) is 75.3 cm³/mol. The highest BCUT2D eigenvalue weighted by atomic mass is 16.5. The number of rotatable bonds is 7. The Kier molecular flexibility index (Phi) is 4.92. The summed E-state index contributed by atoms with van der Waals surface area (Å²) in [7, 11) is 1.70. The van der Waals surface area contributed by atoms with E-state index >= 15 is 0 Å². The molecule has 1 N–H and O–H groups in total. The summed E-state index contributed by atoms with van der Waals surface area (Å²) in [6.07, 6.45) is 2.60. The lowest BCUT2D eigenvalue weighted by molar-refractivity contribution is 0.186. The zero-order valence-corrected chi connectivity index (χ0v) is 11.5. The fourth-order valence-corrected chi connectivity index (χ4v) is 1.84. The summed E-state index contributed by atoms with van der Waals surface area (Å²) >= 11 is 0. The first-order valence-electron chi connectivity index (χ1n) is 6.46. The highest BCUT2D eigenvalue weighted by molar-refractivity contribution is 5.44. The zero-order valence-electron chi connectivity index (χ0n) is 11.5. The molecule has 5 heteroatoms. The van der Waals surface area contributed by atoms with E-state index in [1.807, 2.05) is 4.57 Å². The minimum Gasteiger partial charge on any atom is -0.385 e. The average molecular weight is 260 g/mol. The van der Waals surface area contributed by atoms with Crippen LogP contribution >= 0.6 is 0 Å². The molecule has 0 saturated heterocycles. The van der Waals surface area contributed by atoms with Crippen LogP contribution in [0.5, 0.6) is 0 Å². The van der Waals surface area contributed by atoms with Crippen molar-refractivity contribution in [3.05, 3.63) is 42.0 Å². The highest BCUT2D eigenvalue weighted by Crippen LogP contribution is 2.08. The largest absolute Gasteiger partial charge is 0.385 e. The first-order chi connectivity index (χ1) is 9.29. The number of benzene rings is 1. The number of hydrogen-bond acceptors (Lipinski definition) is 4. The molecule has 19 heavy (non-hydrogen) atoms. The van der Waals surface area contributed by atoms with E-state index in [-0.39, 0.29) is 0 Å². The summed E-state index contributed by atoms with van der Waals surface area (Å²) in [5.74, 6) is 0.983. The molecule has 0 atom stereocenters. The molecular formula is C14H20N4O. The van der Waals surface area contributed by atoms with Crippen molar-refractivity contribution in [2.75, 3.05) is 25.6 Å². The lowest BCUT2D eigenvalue weighted by Gasteiger charge is -2.08. The van der Waals surface area contributed by atoms with Crippen LogP contribution in [0.4, 0.5) is 5.69 Å². The molecule has 1 aromatic heterocycles. The molecule has 2 rings (SSSR count). The van der Waals surface area contributed by atoms with Gasteiger partial charge in [0.2, 0.25) is 0 Å². The van der Waals surface area contributed by atoms with Crippen LogP contribution in [0.1, 0.15) is 11.4 Å². The Hall–Kier alpha value is -1.88. The van der Waals surface area contributed by atoms with Gasteiger partial charge in [-0.1, -0.05) is 17.7 Å². The minimum absolute atomic E-state index is 0.677. The van der Waals surface area contributed by atoms with Crippen LogP contribution in [0.25, 0.3) is 0 Å². The summed E-state index contributed by atoms with van der Waals surface area (Å²) in [6, 6.07) is 8.38. The number of anilines is 1. The van der Waals surface area contributed by atoms with Crippen molar-refractivity contribution in [2.24, 2.45) is 0 Å². The van der Waals surface area contributed by atoms with E-state index < -0.39 is 0 Å². The molecule has 0 aliphatic carbocycles. The van der Waals surface area contributed by atoms with E-state index in [0.717, 1.165) is 31.0 Å². The average Bonchev–Trinajstić information content (AvgIpc) is 2.86. The van der Waals surface area contributed by atoms with Crippen LogP contribution < -0.4 is 5.32 Å². The van der Waals surface area contributed by atoms with Gasteiger partial charge in [-0.05, 0) is 19.1 Å². The second-order valence-electron chi connectivity index (χ2n) is 4.48. The van der Waals surface area contributed by atoms with Gasteiger partial charge in [-0.25, -0.2) is 0 Å². The van der Waals surface area contributed by atoms with Crippen LogP contribution in [0, 0.1) is 6.92 Å². The third kappa shape index (κ3) is 4.06. The second-order valence-corrected chi connectivity index (χ2v) is 4.48. The quantitative estimate of drug-likeness (QED) is 0.826. The lowest BCUT2D eigenvalue weighted by atomic mass is 10.2. The number of ether oxygens (including phenoxy) is 1. The molecular weight excluding hydrogens is 240 g/mol. The van der Waals surface area contributed by atoms with Gasteiger partial charge in [0.1, 0.15) is 12.2 Å². The maximum atomic E-state index is 5.06. The topological polar surface area (TPSA) is 52.0 Å². The Balaban J connectivity index is 1.82. The molecule has 5 nitrogen and oxygen atoms in total. The van der Waals surface area contributed by atoms with Crippen LogP contribution in [-0.4, -0.2) is 35.0 Å². The van der Waals surface area contributed by atoms with Crippen LogP contribution in [0.2, 0.25) is 0 Å². The zero-order chi connectivity index (χ0) is 13.5. The normalized spacial score (nSPS) is 10.6. The minimum atomic E-state index is 0.677. The van der Waals surface area contributed by atoms with E-state index in [9.17, 15) is 0 Å². The molecule has 1 aromatic carbocycles. The number of nitrogens with one attached hydrogen (secondary N) is 1. The molecule has 102 valence electrons. The molecule has 0 aliphatic rings. The molecule has 0 amide bonds. The van der Waals surface area contributed by atoms with Gasteiger partial charge in [-0.2, -0.15) is 0 Å². The Labute approximate surface area is 113 Å². The SMILES string of the molecule is COCCn1cnnc1CCNc1ccc(C)cc1.